The van der Waals surface area contributed by atoms with Crippen LogP contribution in [0.25, 0.3) is 11.1 Å². The Morgan fingerprint density at radius 3 is 2.77 bits per heavy atom. The number of benzene rings is 1. The lowest BCUT2D eigenvalue weighted by Gasteiger charge is -2.08. The normalized spacial score (nSPS) is 10.4. The number of anilines is 1. The van der Waals surface area contributed by atoms with Gasteiger partial charge in [0.05, 0.1) is 6.54 Å². The van der Waals surface area contributed by atoms with Gasteiger partial charge in [0.2, 0.25) is 0 Å². The first-order chi connectivity index (χ1) is 10.7. The highest BCUT2D eigenvalue weighted by Gasteiger charge is 2.06. The van der Waals surface area contributed by atoms with Crippen molar-refractivity contribution in [3.05, 3.63) is 63.0 Å². The zero-order valence-electron chi connectivity index (χ0n) is 12.1. The summed E-state index contributed by atoms with van der Waals surface area (Å²) in [6.07, 6.45) is 0. The first kappa shape index (κ1) is 14.8. The Kier molecular flexibility index (Phi) is 4.56. The number of hydrogen-bond acceptors (Lipinski definition) is 3. The van der Waals surface area contributed by atoms with E-state index in [0.717, 1.165) is 16.1 Å². The van der Waals surface area contributed by atoms with E-state index in [1.54, 1.807) is 22.7 Å². The molecule has 0 unspecified atom stereocenters. The molecule has 1 aromatic carbocycles. The van der Waals surface area contributed by atoms with Crippen molar-refractivity contribution in [3.63, 3.8) is 0 Å². The summed E-state index contributed by atoms with van der Waals surface area (Å²) in [4.78, 5) is 13.1. The maximum absolute atomic E-state index is 12.0. The predicted molar refractivity (Wildman–Crippen MR) is 94.7 cm³/mol. The number of thiophene rings is 2. The molecule has 3 rings (SSSR count). The Morgan fingerprint density at radius 2 is 2.00 bits per heavy atom. The Hall–Kier alpha value is -2.11. The molecule has 0 spiro atoms. The van der Waals surface area contributed by atoms with Gasteiger partial charge in [-0.15, -0.1) is 11.3 Å². The number of urea groups is 1. The highest BCUT2D eigenvalue weighted by Crippen LogP contribution is 2.27. The summed E-state index contributed by atoms with van der Waals surface area (Å²) in [6, 6.07) is 11.8. The van der Waals surface area contributed by atoms with Crippen LogP contribution in [0.5, 0.6) is 0 Å². The molecule has 0 atom stereocenters. The number of para-hydroxylation sites is 1. The van der Waals surface area contributed by atoms with E-state index in [1.165, 1.54) is 11.1 Å². The summed E-state index contributed by atoms with van der Waals surface area (Å²) in [5.41, 5.74) is 4.33. The summed E-state index contributed by atoms with van der Waals surface area (Å²) in [5.74, 6) is 0. The van der Waals surface area contributed by atoms with Gasteiger partial charge in [-0.3, -0.25) is 0 Å². The van der Waals surface area contributed by atoms with E-state index in [2.05, 4.69) is 38.9 Å². The zero-order valence-corrected chi connectivity index (χ0v) is 13.8. The number of nitrogens with one attached hydrogen (secondary N) is 2. The van der Waals surface area contributed by atoms with E-state index in [9.17, 15) is 4.79 Å². The first-order valence-corrected chi connectivity index (χ1v) is 8.75. The largest absolute Gasteiger partial charge is 0.333 e. The fourth-order valence-electron chi connectivity index (χ4n) is 2.10. The number of carbonyl (C=O) groups excluding carboxylic acids is 1. The van der Waals surface area contributed by atoms with Crippen molar-refractivity contribution in [2.75, 3.05) is 5.32 Å². The minimum atomic E-state index is -0.181. The summed E-state index contributed by atoms with van der Waals surface area (Å²) >= 11 is 3.35. The van der Waals surface area contributed by atoms with E-state index in [4.69, 9.17) is 0 Å². The van der Waals surface area contributed by atoms with Crippen molar-refractivity contribution in [3.8, 4) is 11.1 Å². The van der Waals surface area contributed by atoms with Crippen LogP contribution in [0.15, 0.2) is 52.5 Å². The van der Waals surface area contributed by atoms with Gasteiger partial charge in [-0.25, -0.2) is 4.79 Å². The van der Waals surface area contributed by atoms with Crippen LogP contribution in [-0.4, -0.2) is 6.03 Å². The van der Waals surface area contributed by atoms with Gasteiger partial charge in [0.15, 0.2) is 0 Å². The van der Waals surface area contributed by atoms with E-state index in [0.29, 0.717) is 6.54 Å². The van der Waals surface area contributed by atoms with Crippen molar-refractivity contribution in [1.29, 1.82) is 0 Å². The lowest BCUT2D eigenvalue weighted by atomic mass is 10.2. The van der Waals surface area contributed by atoms with Crippen LogP contribution in [0.2, 0.25) is 0 Å². The fraction of sp³-hybridized carbons (Fsp3) is 0.118. The average Bonchev–Trinajstić information content (AvgIpc) is 3.18. The van der Waals surface area contributed by atoms with Crippen LogP contribution in [0.3, 0.4) is 0 Å². The van der Waals surface area contributed by atoms with Gasteiger partial charge in [0.1, 0.15) is 0 Å². The number of amides is 2. The smallest absolute Gasteiger partial charge is 0.319 e. The first-order valence-electron chi connectivity index (χ1n) is 6.93. The van der Waals surface area contributed by atoms with Gasteiger partial charge in [0.25, 0.3) is 0 Å². The third kappa shape index (κ3) is 3.55. The van der Waals surface area contributed by atoms with Gasteiger partial charge in [-0.1, -0.05) is 18.2 Å². The Labute approximate surface area is 137 Å². The number of aryl methyl sites for hydroxylation is 1. The van der Waals surface area contributed by atoms with Crippen LogP contribution in [0.1, 0.15) is 10.4 Å². The van der Waals surface area contributed by atoms with Gasteiger partial charge < -0.3 is 10.6 Å². The van der Waals surface area contributed by atoms with Crippen LogP contribution < -0.4 is 10.6 Å². The molecule has 0 fully saturated rings. The highest BCUT2D eigenvalue weighted by atomic mass is 32.1. The molecule has 2 amide bonds. The van der Waals surface area contributed by atoms with E-state index >= 15 is 0 Å². The summed E-state index contributed by atoms with van der Waals surface area (Å²) < 4.78 is 0. The van der Waals surface area contributed by atoms with Crippen LogP contribution in [-0.2, 0) is 6.54 Å². The second-order valence-corrected chi connectivity index (χ2v) is 6.71. The topological polar surface area (TPSA) is 41.1 Å². The van der Waals surface area contributed by atoms with Crippen LogP contribution >= 0.6 is 22.7 Å². The van der Waals surface area contributed by atoms with E-state index < -0.39 is 0 Å². The molecule has 22 heavy (non-hydrogen) atoms. The monoisotopic (exact) mass is 328 g/mol. The average molecular weight is 328 g/mol. The molecular formula is C17H16N2OS2. The lowest BCUT2D eigenvalue weighted by molar-refractivity contribution is 0.252. The molecule has 2 N–H and O–H groups in total. The lowest BCUT2D eigenvalue weighted by Crippen LogP contribution is -2.28. The van der Waals surface area contributed by atoms with E-state index in [1.807, 2.05) is 31.2 Å². The highest BCUT2D eigenvalue weighted by molar-refractivity contribution is 7.10. The second kappa shape index (κ2) is 6.77. The van der Waals surface area contributed by atoms with Gasteiger partial charge in [0, 0.05) is 10.6 Å². The van der Waals surface area contributed by atoms with Gasteiger partial charge >= 0.3 is 6.03 Å². The summed E-state index contributed by atoms with van der Waals surface area (Å²) in [6.45, 7) is 2.51. The SMILES string of the molecule is Cc1ccccc1NC(=O)NCc1cc(-c2ccsc2)cs1. The van der Waals surface area contributed by atoms with Crippen molar-refractivity contribution >= 4 is 34.4 Å². The molecule has 3 aromatic rings. The molecular weight excluding hydrogens is 312 g/mol. The standard InChI is InChI=1S/C17H16N2OS2/c1-12-4-2-3-5-16(12)19-17(20)18-9-15-8-14(11-22-15)13-6-7-21-10-13/h2-8,10-11H,9H2,1H3,(H2,18,19,20). The number of hydrogen-bond donors (Lipinski definition) is 2. The second-order valence-electron chi connectivity index (χ2n) is 4.94. The molecule has 0 saturated carbocycles. The maximum atomic E-state index is 12.0. The minimum Gasteiger partial charge on any atom is -0.333 e. The molecule has 0 aliphatic heterocycles. The molecule has 0 saturated heterocycles. The third-order valence-corrected chi connectivity index (χ3v) is 4.94. The van der Waals surface area contributed by atoms with Crippen molar-refractivity contribution in [2.45, 2.75) is 13.5 Å². The molecule has 0 aliphatic carbocycles. The number of rotatable bonds is 4. The predicted octanol–water partition coefficient (Wildman–Crippen LogP) is 5.11. The van der Waals surface area contributed by atoms with Crippen molar-refractivity contribution in [1.82, 2.24) is 5.32 Å². The fourth-order valence-corrected chi connectivity index (χ4v) is 3.60. The maximum Gasteiger partial charge on any atom is 0.319 e. The molecule has 0 radical (unpaired) electrons. The molecule has 3 nitrogen and oxygen atoms in total. The Balaban J connectivity index is 1.56. The Bertz CT molecular complexity index is 763. The third-order valence-electron chi connectivity index (χ3n) is 3.32. The molecule has 112 valence electrons. The molecule has 0 bridgehead atoms. The van der Waals surface area contributed by atoms with Gasteiger partial charge in [-0.2, -0.15) is 11.3 Å². The Morgan fingerprint density at radius 1 is 1.14 bits per heavy atom. The molecule has 2 aromatic heterocycles. The molecule has 0 aliphatic rings. The van der Waals surface area contributed by atoms with Crippen LogP contribution in [0.4, 0.5) is 10.5 Å². The molecule has 2 heterocycles. The minimum absolute atomic E-state index is 0.181. The summed E-state index contributed by atoms with van der Waals surface area (Å²) in [7, 11) is 0. The van der Waals surface area contributed by atoms with E-state index in [-0.39, 0.29) is 6.03 Å². The quantitative estimate of drug-likeness (QED) is 0.687. The molecule has 5 heteroatoms. The zero-order chi connectivity index (χ0) is 15.4. The van der Waals surface area contributed by atoms with Gasteiger partial charge in [-0.05, 0) is 58.0 Å². The van der Waals surface area contributed by atoms with Crippen molar-refractivity contribution < 1.29 is 4.79 Å². The number of carbonyl (C=O) groups is 1. The van der Waals surface area contributed by atoms with Crippen molar-refractivity contribution in [2.24, 2.45) is 0 Å². The van der Waals surface area contributed by atoms with Crippen LogP contribution in [0, 0.1) is 6.92 Å². The summed E-state index contributed by atoms with van der Waals surface area (Å²) in [5, 5.41) is 12.1.